The number of benzene rings is 1. The van der Waals surface area contributed by atoms with Crippen molar-refractivity contribution in [2.75, 3.05) is 13.6 Å². The number of aromatic nitrogens is 2. The summed E-state index contributed by atoms with van der Waals surface area (Å²) in [7, 11) is 1.81. The van der Waals surface area contributed by atoms with E-state index < -0.39 is 0 Å². The molecule has 2 rings (SSSR count). The van der Waals surface area contributed by atoms with Crippen molar-refractivity contribution in [3.8, 4) is 0 Å². The summed E-state index contributed by atoms with van der Waals surface area (Å²) in [5, 5.41) is 7.13. The van der Waals surface area contributed by atoms with Crippen LogP contribution < -0.4 is 0 Å². The molecule has 1 aromatic heterocycles. The summed E-state index contributed by atoms with van der Waals surface area (Å²) < 4.78 is 0. The van der Waals surface area contributed by atoms with Crippen LogP contribution in [0.15, 0.2) is 30.3 Å². The van der Waals surface area contributed by atoms with Crippen molar-refractivity contribution in [1.82, 2.24) is 15.1 Å². The topological polar surface area (TPSA) is 66.1 Å². The molecule has 0 spiro atoms. The van der Waals surface area contributed by atoms with Gasteiger partial charge in [0.2, 0.25) is 5.91 Å². The van der Waals surface area contributed by atoms with Gasteiger partial charge in [0.05, 0.1) is 5.69 Å². The van der Waals surface area contributed by atoms with Crippen LogP contribution in [0.25, 0.3) is 0 Å². The van der Waals surface area contributed by atoms with Crippen molar-refractivity contribution < 1.29 is 9.59 Å². The molecule has 0 saturated carbocycles. The van der Waals surface area contributed by atoms with E-state index in [9.17, 15) is 9.59 Å². The maximum absolute atomic E-state index is 12.2. The first-order valence-electron chi connectivity index (χ1n) is 8.31. The van der Waals surface area contributed by atoms with Crippen molar-refractivity contribution in [3.63, 3.8) is 0 Å². The number of likely N-dealkylation sites (N-methyl/N-ethyl adjacent to an activating group) is 1. The first kappa shape index (κ1) is 17.9. The highest BCUT2D eigenvalue weighted by molar-refractivity contribution is 5.96. The zero-order chi connectivity index (χ0) is 17.5. The number of carbonyl (C=O) groups excluding carboxylic acids is 2. The van der Waals surface area contributed by atoms with Crippen molar-refractivity contribution in [1.29, 1.82) is 0 Å². The van der Waals surface area contributed by atoms with E-state index in [0.717, 1.165) is 17.8 Å². The number of hydrogen-bond acceptors (Lipinski definition) is 3. The standard InChI is InChI=1S/C19H25N3O2/c1-14-17(15(2)21-20-14)12-13-22(3)19(24)11-7-10-18(23)16-8-5-4-6-9-16/h4-6,8-9H,7,10-13H2,1-3H3,(H,20,21). The minimum Gasteiger partial charge on any atom is -0.345 e. The number of amides is 1. The number of carbonyl (C=O) groups is 2. The van der Waals surface area contributed by atoms with Gasteiger partial charge >= 0.3 is 0 Å². The minimum atomic E-state index is 0.0784. The molecule has 24 heavy (non-hydrogen) atoms. The van der Waals surface area contributed by atoms with E-state index in [1.807, 2.05) is 51.2 Å². The Morgan fingerprint density at radius 2 is 1.83 bits per heavy atom. The quantitative estimate of drug-likeness (QED) is 0.758. The Morgan fingerprint density at radius 3 is 2.46 bits per heavy atom. The summed E-state index contributed by atoms with van der Waals surface area (Å²) in [6.45, 7) is 4.62. The smallest absolute Gasteiger partial charge is 0.222 e. The fourth-order valence-corrected chi connectivity index (χ4v) is 2.71. The van der Waals surface area contributed by atoms with E-state index in [-0.39, 0.29) is 11.7 Å². The molecule has 0 fully saturated rings. The van der Waals surface area contributed by atoms with Crippen LogP contribution in [0, 0.1) is 13.8 Å². The van der Waals surface area contributed by atoms with E-state index in [1.165, 1.54) is 5.56 Å². The van der Waals surface area contributed by atoms with Crippen LogP contribution in [-0.4, -0.2) is 40.4 Å². The molecule has 0 bridgehead atoms. The van der Waals surface area contributed by atoms with E-state index >= 15 is 0 Å². The third-order valence-electron chi connectivity index (χ3n) is 4.29. The summed E-state index contributed by atoms with van der Waals surface area (Å²) in [6.07, 6.45) is 2.18. The van der Waals surface area contributed by atoms with Crippen LogP contribution in [-0.2, 0) is 11.2 Å². The van der Waals surface area contributed by atoms with Crippen LogP contribution in [0.4, 0.5) is 0 Å². The molecule has 0 aliphatic rings. The summed E-state index contributed by atoms with van der Waals surface area (Å²) in [6, 6.07) is 9.22. The van der Waals surface area contributed by atoms with Crippen LogP contribution >= 0.6 is 0 Å². The Balaban J connectivity index is 1.73. The fourth-order valence-electron chi connectivity index (χ4n) is 2.71. The van der Waals surface area contributed by atoms with Gasteiger partial charge in [0.25, 0.3) is 0 Å². The van der Waals surface area contributed by atoms with Gasteiger partial charge in [-0.2, -0.15) is 5.10 Å². The molecule has 1 heterocycles. The van der Waals surface area contributed by atoms with Gasteiger partial charge in [0, 0.05) is 37.7 Å². The Labute approximate surface area is 143 Å². The van der Waals surface area contributed by atoms with E-state index in [2.05, 4.69) is 10.2 Å². The van der Waals surface area contributed by atoms with E-state index in [4.69, 9.17) is 0 Å². The highest BCUT2D eigenvalue weighted by Crippen LogP contribution is 2.11. The summed E-state index contributed by atoms with van der Waals surface area (Å²) >= 11 is 0. The molecule has 0 aliphatic heterocycles. The van der Waals surface area contributed by atoms with Gasteiger partial charge in [-0.25, -0.2) is 0 Å². The summed E-state index contributed by atoms with van der Waals surface area (Å²) in [5.41, 5.74) is 3.93. The molecular weight excluding hydrogens is 302 g/mol. The second kappa shape index (κ2) is 8.43. The highest BCUT2D eigenvalue weighted by atomic mass is 16.2. The molecular formula is C19H25N3O2. The monoisotopic (exact) mass is 327 g/mol. The molecule has 0 atom stereocenters. The van der Waals surface area contributed by atoms with Gasteiger partial charge in [-0.15, -0.1) is 0 Å². The average molecular weight is 327 g/mol. The Morgan fingerprint density at radius 1 is 1.12 bits per heavy atom. The van der Waals surface area contributed by atoms with Gasteiger partial charge in [-0.1, -0.05) is 30.3 Å². The number of nitrogens with zero attached hydrogens (tertiary/aromatic N) is 2. The molecule has 2 aromatic rings. The molecule has 1 N–H and O–H groups in total. The number of Topliss-reactive ketones (excluding diaryl/α,β-unsaturated/α-hetero) is 1. The van der Waals surface area contributed by atoms with Crippen molar-refractivity contribution in [3.05, 3.63) is 52.8 Å². The first-order chi connectivity index (χ1) is 11.5. The fraction of sp³-hybridized carbons (Fsp3) is 0.421. The minimum absolute atomic E-state index is 0.0784. The Hall–Kier alpha value is -2.43. The molecule has 0 saturated heterocycles. The first-order valence-corrected chi connectivity index (χ1v) is 8.31. The van der Waals surface area contributed by atoms with Crippen LogP contribution in [0.3, 0.4) is 0 Å². The van der Waals surface area contributed by atoms with E-state index in [0.29, 0.717) is 31.4 Å². The number of hydrogen-bond donors (Lipinski definition) is 1. The third-order valence-corrected chi connectivity index (χ3v) is 4.29. The molecule has 128 valence electrons. The molecule has 5 nitrogen and oxygen atoms in total. The largest absolute Gasteiger partial charge is 0.345 e. The predicted molar refractivity (Wildman–Crippen MR) is 94.0 cm³/mol. The van der Waals surface area contributed by atoms with Gasteiger partial charge < -0.3 is 4.90 Å². The van der Waals surface area contributed by atoms with Crippen molar-refractivity contribution in [2.45, 2.75) is 39.5 Å². The van der Waals surface area contributed by atoms with E-state index in [1.54, 1.807) is 4.90 Å². The highest BCUT2D eigenvalue weighted by Gasteiger charge is 2.13. The lowest BCUT2D eigenvalue weighted by Gasteiger charge is -2.17. The number of H-pyrrole nitrogens is 1. The second-order valence-electron chi connectivity index (χ2n) is 6.12. The summed E-state index contributed by atoms with van der Waals surface area (Å²) in [5.74, 6) is 0.172. The molecule has 1 amide bonds. The van der Waals surface area contributed by atoms with Crippen molar-refractivity contribution >= 4 is 11.7 Å². The van der Waals surface area contributed by atoms with Crippen molar-refractivity contribution in [2.24, 2.45) is 0 Å². The number of nitrogens with one attached hydrogen (secondary N) is 1. The lowest BCUT2D eigenvalue weighted by Crippen LogP contribution is -2.28. The lowest BCUT2D eigenvalue weighted by molar-refractivity contribution is -0.129. The van der Waals surface area contributed by atoms with Gasteiger partial charge in [0.15, 0.2) is 5.78 Å². The molecule has 0 radical (unpaired) electrons. The third kappa shape index (κ3) is 4.78. The average Bonchev–Trinajstić information content (AvgIpc) is 2.91. The van der Waals surface area contributed by atoms with Crippen LogP contribution in [0.1, 0.15) is 46.6 Å². The van der Waals surface area contributed by atoms with Crippen LogP contribution in [0.2, 0.25) is 0 Å². The number of ketones is 1. The SMILES string of the molecule is Cc1n[nH]c(C)c1CCN(C)C(=O)CCCC(=O)c1ccccc1. The maximum atomic E-state index is 12.2. The molecule has 0 unspecified atom stereocenters. The molecule has 5 heteroatoms. The normalized spacial score (nSPS) is 10.6. The second-order valence-corrected chi connectivity index (χ2v) is 6.12. The summed E-state index contributed by atoms with van der Waals surface area (Å²) in [4.78, 5) is 25.9. The maximum Gasteiger partial charge on any atom is 0.222 e. The van der Waals surface area contributed by atoms with Crippen LogP contribution in [0.5, 0.6) is 0 Å². The zero-order valence-corrected chi connectivity index (χ0v) is 14.6. The predicted octanol–water partition coefficient (Wildman–Crippen LogP) is 3.08. The van der Waals surface area contributed by atoms with Gasteiger partial charge in [-0.05, 0) is 32.3 Å². The Kier molecular flexibility index (Phi) is 6.29. The molecule has 1 aromatic carbocycles. The van der Waals surface area contributed by atoms with Gasteiger partial charge in [0.1, 0.15) is 0 Å². The Bertz CT molecular complexity index is 672. The number of aromatic amines is 1. The number of aryl methyl sites for hydroxylation is 2. The van der Waals surface area contributed by atoms with Gasteiger partial charge in [-0.3, -0.25) is 14.7 Å². The zero-order valence-electron chi connectivity index (χ0n) is 14.6. The lowest BCUT2D eigenvalue weighted by atomic mass is 10.1. The molecule has 0 aliphatic carbocycles. The number of rotatable bonds is 8.